The Morgan fingerprint density at radius 3 is 1.68 bits per heavy atom. The van der Waals surface area contributed by atoms with Gasteiger partial charge < -0.3 is 38.1 Å². The molecule has 12 heteroatoms. The lowest BCUT2D eigenvalue weighted by molar-refractivity contribution is 0.441. The molecule has 11 nitrogen and oxygen atoms in total. The van der Waals surface area contributed by atoms with Gasteiger partial charge >= 0.3 is 0 Å². The summed E-state index contributed by atoms with van der Waals surface area (Å²) in [5, 5.41) is 11.8. The highest BCUT2D eigenvalue weighted by Crippen LogP contribution is 2.22. The number of rotatable bonds is 5. The third-order valence-electron chi connectivity index (χ3n) is 4.73. The van der Waals surface area contributed by atoms with E-state index < -0.39 is 0 Å². The molecule has 28 heavy (non-hydrogen) atoms. The van der Waals surface area contributed by atoms with Gasteiger partial charge in [0.2, 0.25) is 17.8 Å². The average Bonchev–Trinajstić information content (AvgIpc) is 2.60. The molecule has 0 radical (unpaired) electrons. The Balaban J connectivity index is 0.00000280. The van der Waals surface area contributed by atoms with E-state index in [4.69, 9.17) is 28.2 Å². The zero-order valence-corrected chi connectivity index (χ0v) is 16.7. The van der Waals surface area contributed by atoms with Crippen molar-refractivity contribution in [3.05, 3.63) is 0 Å². The smallest absolute Gasteiger partial charge is 0.232 e. The van der Waals surface area contributed by atoms with E-state index in [1.807, 2.05) is 9.80 Å². The van der Waals surface area contributed by atoms with E-state index in [1.54, 1.807) is 0 Å². The van der Waals surface area contributed by atoms with Gasteiger partial charge in [0.25, 0.3) is 0 Å². The highest BCUT2D eigenvalue weighted by molar-refractivity contribution is 5.85. The summed E-state index contributed by atoms with van der Waals surface area (Å²) in [5.41, 5.74) is 24.5. The van der Waals surface area contributed by atoms with Crippen LogP contribution in [-0.2, 0) is 0 Å². The lowest BCUT2D eigenvalue weighted by Gasteiger charge is -2.37. The van der Waals surface area contributed by atoms with Crippen molar-refractivity contribution in [2.75, 3.05) is 47.8 Å². The van der Waals surface area contributed by atoms with Crippen molar-refractivity contribution < 1.29 is 0 Å². The molecule has 9 N–H and O–H groups in total. The number of hydrogen-bond donors (Lipinski definition) is 5. The van der Waals surface area contributed by atoms with Crippen molar-refractivity contribution >= 4 is 30.3 Å². The maximum absolute atomic E-state index is 8.76. The molecule has 2 aliphatic rings. The molecule has 2 fully saturated rings. The SMILES string of the molecule is Cl.N#CCCNc1nc(N2C[C@H](N)C[C@H](N)C2)nc(N2C[C@H](N)C[C@H](N)C2)n1. The third-order valence-corrected chi connectivity index (χ3v) is 4.73. The second kappa shape index (κ2) is 9.99. The topological polar surface area (TPSA) is 185 Å². The van der Waals surface area contributed by atoms with Gasteiger partial charge in [-0.1, -0.05) is 0 Å². The minimum Gasteiger partial charge on any atom is -0.353 e. The van der Waals surface area contributed by atoms with Gasteiger partial charge in [0.1, 0.15) is 0 Å². The fourth-order valence-electron chi connectivity index (χ4n) is 3.63. The maximum atomic E-state index is 8.76. The molecule has 0 spiro atoms. The molecule has 4 atom stereocenters. The molecule has 1 aromatic heterocycles. The molecule has 2 saturated heterocycles. The van der Waals surface area contributed by atoms with Gasteiger partial charge in [0.05, 0.1) is 12.5 Å². The third kappa shape index (κ3) is 5.76. The molecule has 0 aromatic carbocycles. The molecule has 0 amide bonds. The zero-order chi connectivity index (χ0) is 19.4. The van der Waals surface area contributed by atoms with E-state index in [0.717, 1.165) is 12.8 Å². The number of nitriles is 1. The van der Waals surface area contributed by atoms with E-state index in [0.29, 0.717) is 57.0 Å². The van der Waals surface area contributed by atoms with Crippen LogP contribution in [0.25, 0.3) is 0 Å². The van der Waals surface area contributed by atoms with Crippen LogP contribution in [0.1, 0.15) is 19.3 Å². The van der Waals surface area contributed by atoms with Crippen LogP contribution in [0.3, 0.4) is 0 Å². The van der Waals surface area contributed by atoms with E-state index in [9.17, 15) is 0 Å². The minimum atomic E-state index is -0.0270. The number of anilines is 3. The van der Waals surface area contributed by atoms with Crippen LogP contribution in [0.2, 0.25) is 0 Å². The summed E-state index contributed by atoms with van der Waals surface area (Å²) >= 11 is 0. The van der Waals surface area contributed by atoms with Gasteiger partial charge in [-0.25, -0.2) is 0 Å². The molecule has 2 aliphatic heterocycles. The molecule has 3 rings (SSSR count). The van der Waals surface area contributed by atoms with Crippen LogP contribution in [0.15, 0.2) is 0 Å². The average molecular weight is 412 g/mol. The number of hydrogen-bond acceptors (Lipinski definition) is 11. The highest BCUT2D eigenvalue weighted by Gasteiger charge is 2.28. The fraction of sp³-hybridized carbons (Fsp3) is 0.750. The predicted octanol–water partition coefficient (Wildman–Crippen LogP) is -1.65. The van der Waals surface area contributed by atoms with Crippen LogP contribution >= 0.6 is 12.4 Å². The molecule has 0 aliphatic carbocycles. The maximum Gasteiger partial charge on any atom is 0.232 e. The van der Waals surface area contributed by atoms with Gasteiger partial charge in [0, 0.05) is 56.9 Å². The highest BCUT2D eigenvalue weighted by atomic mass is 35.5. The van der Waals surface area contributed by atoms with E-state index in [-0.39, 0.29) is 36.6 Å². The zero-order valence-electron chi connectivity index (χ0n) is 15.9. The first kappa shape index (κ1) is 22.3. The van der Waals surface area contributed by atoms with Gasteiger partial charge in [-0.15, -0.1) is 12.4 Å². The van der Waals surface area contributed by atoms with Crippen molar-refractivity contribution in [3.63, 3.8) is 0 Å². The molecule has 0 bridgehead atoms. The number of nitrogens with one attached hydrogen (secondary N) is 1. The summed E-state index contributed by atoms with van der Waals surface area (Å²) in [6.45, 7) is 2.99. The molecule has 0 unspecified atom stereocenters. The van der Waals surface area contributed by atoms with Gasteiger partial charge in [-0.3, -0.25) is 0 Å². The monoisotopic (exact) mass is 411 g/mol. The normalized spacial score (nSPS) is 27.7. The van der Waals surface area contributed by atoms with Crippen molar-refractivity contribution in [3.8, 4) is 6.07 Å². The number of nitrogens with zero attached hydrogens (tertiary/aromatic N) is 6. The number of nitrogens with two attached hydrogens (primary N) is 4. The number of halogens is 1. The van der Waals surface area contributed by atoms with Gasteiger partial charge in [0.15, 0.2) is 0 Å². The van der Waals surface area contributed by atoms with E-state index >= 15 is 0 Å². The Bertz CT molecular complexity index is 617. The Labute approximate surface area is 171 Å². The molecule has 0 saturated carbocycles. The Morgan fingerprint density at radius 1 is 0.857 bits per heavy atom. The van der Waals surface area contributed by atoms with Gasteiger partial charge in [-0.2, -0.15) is 20.2 Å². The summed E-state index contributed by atoms with van der Waals surface area (Å²) in [6, 6.07) is 1.99. The lowest BCUT2D eigenvalue weighted by Crippen LogP contribution is -2.54. The first-order chi connectivity index (χ1) is 12.9. The second-order valence-corrected chi connectivity index (χ2v) is 7.42. The van der Waals surface area contributed by atoms with Crippen molar-refractivity contribution in [1.29, 1.82) is 5.26 Å². The fourth-order valence-corrected chi connectivity index (χ4v) is 3.63. The van der Waals surface area contributed by atoms with Crippen molar-refractivity contribution in [2.45, 2.75) is 43.4 Å². The van der Waals surface area contributed by atoms with Crippen molar-refractivity contribution in [1.82, 2.24) is 15.0 Å². The first-order valence-electron chi connectivity index (χ1n) is 9.33. The first-order valence-corrected chi connectivity index (χ1v) is 9.33. The quantitative estimate of drug-likeness (QED) is 0.349. The number of piperidine rings is 2. The summed E-state index contributed by atoms with van der Waals surface area (Å²) < 4.78 is 0. The van der Waals surface area contributed by atoms with Crippen molar-refractivity contribution in [2.24, 2.45) is 22.9 Å². The van der Waals surface area contributed by atoms with Crippen LogP contribution in [0.5, 0.6) is 0 Å². The lowest BCUT2D eigenvalue weighted by atomic mass is 10.0. The van der Waals surface area contributed by atoms with E-state index in [2.05, 4.69) is 26.3 Å². The standard InChI is InChI=1S/C16H29N11.ClH/c17-2-1-3-22-14-23-15(26-6-10(18)4-11(19)7-26)25-16(24-14)27-8-12(20)5-13(21)9-27;/h10-13H,1,3-9,18-21H2,(H,22,23,24,25);1H/t10-,11+,12-,13+;. The van der Waals surface area contributed by atoms with Crippen LogP contribution in [-0.4, -0.2) is 71.8 Å². The summed E-state index contributed by atoms with van der Waals surface area (Å²) in [4.78, 5) is 17.7. The predicted molar refractivity (Wildman–Crippen MR) is 111 cm³/mol. The molecule has 3 heterocycles. The molecular formula is C16H30ClN11. The number of aromatic nitrogens is 3. The summed E-state index contributed by atoms with van der Waals surface area (Å²) in [6.07, 6.45) is 1.91. The summed E-state index contributed by atoms with van der Waals surface area (Å²) in [5.74, 6) is 1.47. The van der Waals surface area contributed by atoms with Crippen LogP contribution < -0.4 is 38.1 Å². The largest absolute Gasteiger partial charge is 0.353 e. The van der Waals surface area contributed by atoms with Crippen LogP contribution in [0.4, 0.5) is 17.8 Å². The van der Waals surface area contributed by atoms with E-state index in [1.165, 1.54) is 0 Å². The summed E-state index contributed by atoms with van der Waals surface area (Å²) in [7, 11) is 0. The Hall–Kier alpha value is -1.97. The second-order valence-electron chi connectivity index (χ2n) is 7.42. The molecule has 156 valence electrons. The molecule has 1 aromatic rings. The Morgan fingerprint density at radius 2 is 1.29 bits per heavy atom. The molecular weight excluding hydrogens is 382 g/mol. The minimum absolute atomic E-state index is 0. The van der Waals surface area contributed by atoms with Crippen LogP contribution in [0, 0.1) is 11.3 Å². The Kier molecular flexibility index (Phi) is 7.97. The van der Waals surface area contributed by atoms with Gasteiger partial charge in [-0.05, 0) is 12.8 Å².